The molecule has 298 valence electrons. The maximum Gasteiger partial charge on any atom is 0.416 e. The van der Waals surface area contributed by atoms with Crippen molar-refractivity contribution in [3.8, 4) is 0 Å². The number of pyridine rings is 2. The summed E-state index contributed by atoms with van der Waals surface area (Å²) in [4.78, 5) is 32.7. The van der Waals surface area contributed by atoms with Gasteiger partial charge in [-0.3, -0.25) is 0 Å². The highest BCUT2D eigenvalue weighted by Gasteiger charge is 2.42. The Hall–Kier alpha value is -5.80. The number of hydrogen-bond donors (Lipinski definition) is 1. The van der Waals surface area contributed by atoms with Crippen LogP contribution in [0.3, 0.4) is 0 Å². The highest BCUT2D eigenvalue weighted by atomic mass is 19.4. The van der Waals surface area contributed by atoms with Gasteiger partial charge in [0.2, 0.25) is 11.9 Å². The summed E-state index contributed by atoms with van der Waals surface area (Å²) in [5.74, 6) is 2.16. The number of benzene rings is 2. The van der Waals surface area contributed by atoms with Gasteiger partial charge in [-0.25, -0.2) is 9.97 Å². The van der Waals surface area contributed by atoms with E-state index < -0.39 is 23.5 Å². The predicted octanol–water partition coefficient (Wildman–Crippen LogP) is 9.65. The van der Waals surface area contributed by atoms with Crippen molar-refractivity contribution in [1.82, 2.24) is 29.9 Å². The van der Waals surface area contributed by atoms with E-state index in [2.05, 4.69) is 30.2 Å². The Bertz CT molecular complexity index is 2370. The molecular weight excluding hydrogens is 747 g/mol. The van der Waals surface area contributed by atoms with Crippen LogP contribution in [0.2, 0.25) is 0 Å². The van der Waals surface area contributed by atoms with E-state index in [1.807, 2.05) is 61.6 Å². The maximum atomic E-state index is 13.5. The van der Waals surface area contributed by atoms with Crippen LogP contribution in [0, 0.1) is 0 Å². The first kappa shape index (κ1) is 39.4. The molecule has 2 fully saturated rings. The Morgan fingerprint density at radius 3 is 1.54 bits per heavy atom. The molecule has 10 nitrogen and oxygen atoms in total. The van der Waals surface area contributed by atoms with Gasteiger partial charge in [0.25, 0.3) is 0 Å². The Kier molecular flexibility index (Phi) is 10.8. The third-order valence-electron chi connectivity index (χ3n) is 10.2. The normalized spacial score (nSPS) is 17.0. The fraction of sp³-hybridized carbons (Fsp3) is 0.366. The smallest absolute Gasteiger partial charge is 0.352 e. The number of hydrogen-bond acceptors (Lipinski definition) is 10. The second kappa shape index (κ2) is 15.6. The van der Waals surface area contributed by atoms with Gasteiger partial charge in [-0.2, -0.15) is 46.3 Å². The lowest BCUT2D eigenvalue weighted by Gasteiger charge is -2.43. The van der Waals surface area contributed by atoms with Crippen molar-refractivity contribution in [2.75, 3.05) is 40.2 Å². The summed E-state index contributed by atoms with van der Waals surface area (Å²) in [6.07, 6.45) is -4.22. The van der Waals surface area contributed by atoms with Crippen molar-refractivity contribution in [3.63, 3.8) is 0 Å². The lowest BCUT2D eigenvalue weighted by Crippen LogP contribution is -2.43. The molecule has 2 aromatic carbocycles. The average Bonchev–Trinajstić information content (AvgIpc) is 3.13. The summed E-state index contributed by atoms with van der Waals surface area (Å²) in [7, 11) is 1.89. The van der Waals surface area contributed by atoms with Gasteiger partial charge in [0.15, 0.2) is 11.3 Å². The Morgan fingerprint density at radius 1 is 0.632 bits per heavy atom. The highest BCUT2D eigenvalue weighted by molar-refractivity contribution is 5.89. The summed E-state index contributed by atoms with van der Waals surface area (Å²) < 4.78 is 81.1. The number of nitrogens with zero attached hydrogens (tertiary/aromatic N) is 9. The third kappa shape index (κ3) is 8.07. The van der Waals surface area contributed by atoms with Crippen LogP contribution >= 0.6 is 0 Å². The van der Waals surface area contributed by atoms with E-state index in [0.29, 0.717) is 60.8 Å². The van der Waals surface area contributed by atoms with Crippen molar-refractivity contribution in [2.24, 2.45) is 0 Å². The summed E-state index contributed by atoms with van der Waals surface area (Å²) in [5, 5.41) is 4.63. The van der Waals surface area contributed by atoms with Crippen LogP contribution < -0.4 is 20.0 Å². The van der Waals surface area contributed by atoms with E-state index >= 15 is 0 Å². The molecule has 6 heterocycles. The second-order valence-electron chi connectivity index (χ2n) is 14.6. The molecule has 4 aromatic heterocycles. The summed E-state index contributed by atoms with van der Waals surface area (Å²) in [5.41, 5.74) is 0.420. The van der Waals surface area contributed by atoms with Gasteiger partial charge in [0, 0.05) is 44.6 Å². The first-order valence-corrected chi connectivity index (χ1v) is 18.7. The zero-order valence-electron chi connectivity index (χ0n) is 32.0. The Morgan fingerprint density at radius 2 is 1.11 bits per heavy atom. The zero-order valence-corrected chi connectivity index (χ0v) is 32.0. The van der Waals surface area contributed by atoms with Crippen molar-refractivity contribution in [3.05, 3.63) is 107 Å². The molecule has 2 atom stereocenters. The largest absolute Gasteiger partial charge is 0.416 e. The van der Waals surface area contributed by atoms with Crippen LogP contribution in [0.25, 0.3) is 22.1 Å². The maximum absolute atomic E-state index is 13.5. The highest BCUT2D eigenvalue weighted by Crippen LogP contribution is 2.46. The molecule has 6 aromatic rings. The Balaban J connectivity index is 0.000000174. The van der Waals surface area contributed by atoms with Gasteiger partial charge in [0.1, 0.15) is 11.6 Å². The molecule has 2 unspecified atom stereocenters. The predicted molar refractivity (Wildman–Crippen MR) is 209 cm³/mol. The number of anilines is 4. The minimum absolute atomic E-state index is 0.118. The van der Waals surface area contributed by atoms with E-state index in [4.69, 9.17) is 4.98 Å². The quantitative estimate of drug-likeness (QED) is 0.150. The summed E-state index contributed by atoms with van der Waals surface area (Å²) in [6, 6.07) is 18.3. The third-order valence-corrected chi connectivity index (χ3v) is 10.2. The first-order chi connectivity index (χ1) is 27.1. The number of rotatable bonds is 8. The summed E-state index contributed by atoms with van der Waals surface area (Å²) >= 11 is 0. The minimum Gasteiger partial charge on any atom is -0.352 e. The fourth-order valence-electron chi connectivity index (χ4n) is 7.05. The molecule has 0 aliphatic carbocycles. The molecule has 2 saturated heterocycles. The molecule has 16 heteroatoms. The van der Waals surface area contributed by atoms with Crippen LogP contribution in [0.5, 0.6) is 0 Å². The standard InChI is InChI=1S/C21H22F3N5.C20H20F3N5/c1-13(2)28(3)20-26-18-15(8-6-11-25-18)19(27-20)29-12-10-17(29)14-7-4-5-9-16(14)21(22,23)24;1-12(2)25-19-26-17-14(7-5-10-24-17)18(27-19)28-11-9-16(28)13-6-3-4-8-15(13)20(21,22)23/h4-9,11,13,17H,10,12H2,1-3H3;3-8,10,12,16H,9,11H2,1-2H3,(H,24,25,26,27). The number of alkyl halides is 6. The monoisotopic (exact) mass is 788 g/mol. The molecule has 1 N–H and O–H groups in total. The fourth-order valence-corrected chi connectivity index (χ4v) is 7.05. The van der Waals surface area contributed by atoms with Crippen molar-refractivity contribution >= 4 is 45.6 Å². The van der Waals surface area contributed by atoms with Crippen molar-refractivity contribution in [1.29, 1.82) is 0 Å². The number of halogens is 6. The van der Waals surface area contributed by atoms with Gasteiger partial charge < -0.3 is 20.0 Å². The van der Waals surface area contributed by atoms with Crippen molar-refractivity contribution in [2.45, 2.75) is 77.1 Å². The lowest BCUT2D eigenvalue weighted by atomic mass is 9.90. The van der Waals surface area contributed by atoms with E-state index in [1.54, 1.807) is 48.8 Å². The van der Waals surface area contributed by atoms with Crippen LogP contribution in [0.4, 0.5) is 49.9 Å². The number of aromatic nitrogens is 6. The first-order valence-electron chi connectivity index (χ1n) is 18.7. The van der Waals surface area contributed by atoms with E-state index in [9.17, 15) is 26.3 Å². The molecule has 0 radical (unpaired) electrons. The number of nitrogens with one attached hydrogen (secondary N) is 1. The molecular formula is C41H42F6N10. The topological polar surface area (TPSA) is 99.1 Å². The van der Waals surface area contributed by atoms with Gasteiger partial charge in [-0.1, -0.05) is 36.4 Å². The molecule has 0 amide bonds. The van der Waals surface area contributed by atoms with Gasteiger partial charge in [-0.15, -0.1) is 0 Å². The van der Waals surface area contributed by atoms with Gasteiger partial charge >= 0.3 is 12.4 Å². The molecule has 0 spiro atoms. The molecule has 2 aliphatic rings. The molecule has 57 heavy (non-hydrogen) atoms. The van der Waals surface area contributed by atoms with E-state index in [1.165, 1.54) is 12.1 Å². The molecule has 2 aliphatic heterocycles. The van der Waals surface area contributed by atoms with Crippen molar-refractivity contribution < 1.29 is 26.3 Å². The SMILES string of the molecule is CC(C)N(C)c1nc(N2CCC2c2ccccc2C(F)(F)F)c2cccnc2n1.CC(C)Nc1nc(N2CCC2c2ccccc2C(F)(F)F)c2cccnc2n1. The number of fused-ring (bicyclic) bond motifs is 2. The molecule has 8 rings (SSSR count). The lowest BCUT2D eigenvalue weighted by molar-refractivity contribution is -0.139. The second-order valence-corrected chi connectivity index (χ2v) is 14.6. The Labute approximate surface area is 326 Å². The van der Waals surface area contributed by atoms with Crippen LogP contribution in [-0.4, -0.2) is 62.1 Å². The van der Waals surface area contributed by atoms with Crippen LogP contribution in [-0.2, 0) is 12.4 Å². The van der Waals surface area contributed by atoms with Gasteiger partial charge in [0.05, 0.1) is 34.0 Å². The average molecular weight is 789 g/mol. The van der Waals surface area contributed by atoms with Crippen LogP contribution in [0.15, 0.2) is 85.2 Å². The minimum atomic E-state index is -4.39. The summed E-state index contributed by atoms with van der Waals surface area (Å²) in [6.45, 7) is 9.24. The van der Waals surface area contributed by atoms with Crippen LogP contribution in [0.1, 0.15) is 74.9 Å². The zero-order chi connectivity index (χ0) is 40.6. The van der Waals surface area contributed by atoms with E-state index in [-0.39, 0.29) is 35.3 Å². The van der Waals surface area contributed by atoms with Gasteiger partial charge in [-0.05, 0) is 88.1 Å². The van der Waals surface area contributed by atoms with E-state index in [0.717, 1.165) is 22.9 Å². The molecule has 0 saturated carbocycles. The molecule has 0 bridgehead atoms.